The number of hydrogen-bond donors (Lipinski definition) is 1. The van der Waals surface area contributed by atoms with Crippen LogP contribution in [0.2, 0.25) is 4.34 Å². The quantitative estimate of drug-likeness (QED) is 0.912. The molecule has 2 aromatic heterocycles. The fraction of sp³-hybridized carbons (Fsp3) is 0.308. The monoisotopic (exact) mass is 281 g/mol. The van der Waals surface area contributed by atoms with Gasteiger partial charge in [0.25, 0.3) is 0 Å². The fourth-order valence-corrected chi connectivity index (χ4v) is 3.00. The van der Waals surface area contributed by atoms with Gasteiger partial charge in [0.1, 0.15) is 0 Å². The Bertz CT molecular complexity index is 512. The summed E-state index contributed by atoms with van der Waals surface area (Å²) in [4.78, 5) is 7.65. The second-order valence-electron chi connectivity index (χ2n) is 4.10. The number of anilines is 1. The van der Waals surface area contributed by atoms with Crippen molar-refractivity contribution in [3.05, 3.63) is 45.4 Å². The molecule has 0 spiro atoms. The number of pyridine rings is 1. The minimum atomic E-state index is 0.833. The van der Waals surface area contributed by atoms with Gasteiger partial charge in [-0.05, 0) is 30.8 Å². The maximum atomic E-state index is 5.95. The average molecular weight is 282 g/mol. The highest BCUT2D eigenvalue weighted by Gasteiger charge is 2.08. The Morgan fingerprint density at radius 1 is 1.39 bits per heavy atom. The van der Waals surface area contributed by atoms with E-state index in [1.54, 1.807) is 11.3 Å². The number of hydrogen-bond acceptors (Lipinski definition) is 4. The van der Waals surface area contributed by atoms with Gasteiger partial charge in [-0.2, -0.15) is 0 Å². The van der Waals surface area contributed by atoms with Gasteiger partial charge in [-0.15, -0.1) is 11.3 Å². The van der Waals surface area contributed by atoms with Gasteiger partial charge >= 0.3 is 0 Å². The Kier molecular flexibility index (Phi) is 4.58. The Labute approximate surface area is 116 Å². The van der Waals surface area contributed by atoms with Gasteiger partial charge in [0, 0.05) is 24.7 Å². The first-order valence-corrected chi connectivity index (χ1v) is 6.93. The van der Waals surface area contributed by atoms with Crippen LogP contribution in [0, 0.1) is 0 Å². The number of aromatic nitrogens is 1. The molecule has 2 aromatic rings. The summed E-state index contributed by atoms with van der Waals surface area (Å²) in [6.07, 6.45) is 3.73. The highest BCUT2D eigenvalue weighted by Crippen LogP contribution is 2.25. The molecule has 0 saturated heterocycles. The fourth-order valence-electron chi connectivity index (χ4n) is 1.85. The summed E-state index contributed by atoms with van der Waals surface area (Å²) < 4.78 is 0.833. The zero-order valence-electron chi connectivity index (χ0n) is 10.5. The number of nitrogens with zero attached hydrogens (tertiary/aromatic N) is 2. The van der Waals surface area contributed by atoms with E-state index < -0.39 is 0 Å². The second kappa shape index (κ2) is 6.18. The molecule has 0 unspecified atom stereocenters. The molecule has 0 amide bonds. The Hall–Kier alpha value is -1.10. The van der Waals surface area contributed by atoms with Crippen LogP contribution in [0.25, 0.3) is 0 Å². The van der Waals surface area contributed by atoms with E-state index in [0.29, 0.717) is 0 Å². The number of nitrogens with one attached hydrogen (secondary N) is 1. The van der Waals surface area contributed by atoms with Crippen LogP contribution in [0.3, 0.4) is 0 Å². The summed E-state index contributed by atoms with van der Waals surface area (Å²) in [5, 5.41) is 3.17. The first-order valence-electron chi connectivity index (χ1n) is 5.73. The first-order chi connectivity index (χ1) is 8.70. The number of thiophene rings is 1. The van der Waals surface area contributed by atoms with Crippen molar-refractivity contribution < 1.29 is 0 Å². The summed E-state index contributed by atoms with van der Waals surface area (Å²) in [7, 11) is 4.02. The normalized spacial score (nSPS) is 10.6. The highest BCUT2D eigenvalue weighted by atomic mass is 35.5. The highest BCUT2D eigenvalue weighted by molar-refractivity contribution is 7.16. The molecule has 1 N–H and O–H groups in total. The SMILES string of the molecule is CNCc1ccncc1N(C)Cc1ccc(Cl)s1. The maximum absolute atomic E-state index is 5.95. The molecule has 0 aliphatic carbocycles. The molecule has 2 rings (SSSR count). The summed E-state index contributed by atoms with van der Waals surface area (Å²) >= 11 is 7.57. The van der Waals surface area contributed by atoms with Crippen LogP contribution in [0.4, 0.5) is 5.69 Å². The van der Waals surface area contributed by atoms with Crippen molar-refractivity contribution in [1.82, 2.24) is 10.3 Å². The summed E-state index contributed by atoms with van der Waals surface area (Å²) in [5.74, 6) is 0. The minimum absolute atomic E-state index is 0.833. The third kappa shape index (κ3) is 3.22. The molecule has 0 atom stereocenters. The van der Waals surface area contributed by atoms with Gasteiger partial charge in [0.15, 0.2) is 0 Å². The molecular formula is C13H16ClN3S. The zero-order chi connectivity index (χ0) is 13.0. The third-order valence-electron chi connectivity index (χ3n) is 2.69. The largest absolute Gasteiger partial charge is 0.368 e. The van der Waals surface area contributed by atoms with Crippen LogP contribution < -0.4 is 10.2 Å². The van der Waals surface area contributed by atoms with Gasteiger partial charge in [-0.3, -0.25) is 4.98 Å². The van der Waals surface area contributed by atoms with E-state index in [0.717, 1.165) is 23.1 Å². The Balaban J connectivity index is 2.15. The maximum Gasteiger partial charge on any atom is 0.0931 e. The van der Waals surface area contributed by atoms with Crippen molar-refractivity contribution in [1.29, 1.82) is 0 Å². The molecule has 0 bridgehead atoms. The van der Waals surface area contributed by atoms with Crippen LogP contribution in [-0.4, -0.2) is 19.1 Å². The van der Waals surface area contributed by atoms with Gasteiger partial charge in [-0.25, -0.2) is 0 Å². The Morgan fingerprint density at radius 3 is 2.89 bits per heavy atom. The lowest BCUT2D eigenvalue weighted by Crippen LogP contribution is -2.19. The molecule has 0 aliphatic rings. The molecule has 5 heteroatoms. The topological polar surface area (TPSA) is 28.2 Å². The van der Waals surface area contributed by atoms with Crippen molar-refractivity contribution >= 4 is 28.6 Å². The zero-order valence-corrected chi connectivity index (χ0v) is 12.1. The van der Waals surface area contributed by atoms with Crippen LogP contribution >= 0.6 is 22.9 Å². The molecule has 0 radical (unpaired) electrons. The first kappa shape index (κ1) is 13.3. The second-order valence-corrected chi connectivity index (χ2v) is 5.90. The van der Waals surface area contributed by atoms with Crippen LogP contribution in [0.5, 0.6) is 0 Å². The predicted octanol–water partition coefficient (Wildman–Crippen LogP) is 3.15. The molecule has 0 fully saturated rings. The summed E-state index contributed by atoms with van der Waals surface area (Å²) in [6, 6.07) is 6.05. The van der Waals surface area contributed by atoms with Crippen LogP contribution in [0.1, 0.15) is 10.4 Å². The lowest BCUT2D eigenvalue weighted by Gasteiger charge is -2.21. The van der Waals surface area contributed by atoms with Crippen molar-refractivity contribution in [2.24, 2.45) is 0 Å². The van der Waals surface area contributed by atoms with E-state index in [4.69, 9.17) is 11.6 Å². The molecule has 3 nitrogen and oxygen atoms in total. The number of rotatable bonds is 5. The average Bonchev–Trinajstić information content (AvgIpc) is 2.76. The van der Waals surface area contributed by atoms with Gasteiger partial charge < -0.3 is 10.2 Å². The molecule has 0 aromatic carbocycles. The molecule has 96 valence electrons. The molecule has 0 saturated carbocycles. The van der Waals surface area contributed by atoms with Crippen LogP contribution in [-0.2, 0) is 13.1 Å². The van der Waals surface area contributed by atoms with Crippen LogP contribution in [0.15, 0.2) is 30.6 Å². The summed E-state index contributed by atoms with van der Waals surface area (Å²) in [5.41, 5.74) is 2.40. The predicted molar refractivity (Wildman–Crippen MR) is 78.4 cm³/mol. The van der Waals surface area contributed by atoms with E-state index in [9.17, 15) is 0 Å². The van der Waals surface area contributed by atoms with Crippen molar-refractivity contribution in [3.8, 4) is 0 Å². The standard InChI is InChI=1S/C13H16ClN3S/c1-15-7-10-5-6-16-8-12(10)17(2)9-11-3-4-13(14)18-11/h3-6,8,15H,7,9H2,1-2H3. The Morgan fingerprint density at radius 2 is 2.22 bits per heavy atom. The molecular weight excluding hydrogens is 266 g/mol. The third-order valence-corrected chi connectivity index (χ3v) is 3.90. The van der Waals surface area contributed by atoms with E-state index in [1.165, 1.54) is 10.4 Å². The smallest absolute Gasteiger partial charge is 0.0931 e. The van der Waals surface area contributed by atoms with E-state index in [-0.39, 0.29) is 0 Å². The van der Waals surface area contributed by atoms with Crippen molar-refractivity contribution in [3.63, 3.8) is 0 Å². The van der Waals surface area contributed by atoms with E-state index >= 15 is 0 Å². The minimum Gasteiger partial charge on any atom is -0.368 e. The molecule has 2 heterocycles. The van der Waals surface area contributed by atoms with Gasteiger partial charge in [0.2, 0.25) is 0 Å². The number of halogens is 1. The lowest BCUT2D eigenvalue weighted by molar-refractivity contribution is 0.804. The van der Waals surface area contributed by atoms with Crippen molar-refractivity contribution in [2.75, 3.05) is 19.0 Å². The van der Waals surface area contributed by atoms with Crippen molar-refractivity contribution in [2.45, 2.75) is 13.1 Å². The van der Waals surface area contributed by atoms with Gasteiger partial charge in [0.05, 0.1) is 22.8 Å². The molecule has 18 heavy (non-hydrogen) atoms. The van der Waals surface area contributed by atoms with E-state index in [2.05, 4.69) is 28.3 Å². The van der Waals surface area contributed by atoms with E-state index in [1.807, 2.05) is 31.6 Å². The lowest BCUT2D eigenvalue weighted by atomic mass is 10.2. The molecule has 0 aliphatic heterocycles. The van der Waals surface area contributed by atoms with Gasteiger partial charge in [-0.1, -0.05) is 11.6 Å². The summed E-state index contributed by atoms with van der Waals surface area (Å²) in [6.45, 7) is 1.69.